The Bertz CT molecular complexity index is 3830. The Morgan fingerprint density at radius 2 is 0.898 bits per heavy atom. The minimum atomic E-state index is 0.779. The first-order valence-corrected chi connectivity index (χ1v) is 19.7. The smallest absolute Gasteiger partial charge is 0.153 e. The highest BCUT2D eigenvalue weighted by molar-refractivity contribution is 6.15. The molecule has 0 aliphatic carbocycles. The molecule has 0 aliphatic rings. The number of nitrogens with zero attached hydrogens (tertiary/aromatic N) is 5. The molecule has 0 aliphatic heterocycles. The van der Waals surface area contributed by atoms with Crippen LogP contribution in [0.2, 0.25) is 0 Å². The summed E-state index contributed by atoms with van der Waals surface area (Å²) in [6, 6.07) is 61.4. The summed E-state index contributed by atoms with van der Waals surface area (Å²) in [6.45, 7) is 0. The molecule has 7 nitrogen and oxygen atoms in total. The van der Waals surface area contributed by atoms with Gasteiger partial charge < -0.3 is 22.9 Å². The summed E-state index contributed by atoms with van der Waals surface area (Å²) < 4.78 is 20.2. The van der Waals surface area contributed by atoms with Crippen LogP contribution in [0.4, 0.5) is 0 Å². The van der Waals surface area contributed by atoms with Crippen LogP contribution in [0.25, 0.3) is 105 Å². The van der Waals surface area contributed by atoms with E-state index in [0.29, 0.717) is 0 Å². The summed E-state index contributed by atoms with van der Waals surface area (Å²) in [5.41, 5.74) is 13.1. The van der Waals surface area contributed by atoms with E-state index in [1.54, 1.807) is 0 Å². The summed E-state index contributed by atoms with van der Waals surface area (Å²) in [4.78, 5) is 9.55. The van der Waals surface area contributed by atoms with Gasteiger partial charge in [0.2, 0.25) is 0 Å². The van der Waals surface area contributed by atoms with Crippen molar-refractivity contribution in [1.29, 1.82) is 0 Å². The molecule has 6 heterocycles. The van der Waals surface area contributed by atoms with Gasteiger partial charge >= 0.3 is 0 Å². The Morgan fingerprint density at radius 3 is 1.61 bits per heavy atom. The molecule has 0 fully saturated rings. The molecule has 59 heavy (non-hydrogen) atoms. The number of furan rings is 1. The number of para-hydroxylation sites is 3. The van der Waals surface area contributed by atoms with Gasteiger partial charge in [0.15, 0.2) is 5.58 Å². The Kier molecular flexibility index (Phi) is 6.60. The average molecular weight is 758 g/mol. The molecule has 276 valence electrons. The number of benzene rings is 7. The third-order valence-corrected chi connectivity index (χ3v) is 11.8. The standard InChI is InChI=1S/C52H31N5O2/c1-2-12-32(13-3-1)55-41-26-24-33(30-37(41)51-44(55)20-10-28-53-51)56-39-16-6-4-14-35(39)49-42(56)18-8-21-46(49)59-47-22-9-19-43-50(47)36-15-5-7-17-40(36)57(43)34-25-27-45-38(31-34)52-48(58-45)23-11-29-54-52/h1-31H. The van der Waals surface area contributed by atoms with Crippen molar-refractivity contribution in [3.63, 3.8) is 0 Å². The lowest BCUT2D eigenvalue weighted by Crippen LogP contribution is -1.95. The highest BCUT2D eigenvalue weighted by Gasteiger charge is 2.22. The molecule has 0 saturated heterocycles. The van der Waals surface area contributed by atoms with Crippen molar-refractivity contribution in [2.75, 3.05) is 0 Å². The monoisotopic (exact) mass is 757 g/mol. The lowest BCUT2D eigenvalue weighted by molar-refractivity contribution is 0.495. The van der Waals surface area contributed by atoms with E-state index in [0.717, 1.165) is 116 Å². The summed E-state index contributed by atoms with van der Waals surface area (Å²) in [5, 5.41) is 6.41. The summed E-state index contributed by atoms with van der Waals surface area (Å²) in [6.07, 6.45) is 3.69. The molecule has 0 N–H and O–H groups in total. The second kappa shape index (κ2) is 12.2. The number of hydrogen-bond acceptors (Lipinski definition) is 4. The third kappa shape index (κ3) is 4.58. The maximum absolute atomic E-state index is 7.15. The summed E-state index contributed by atoms with van der Waals surface area (Å²) in [7, 11) is 0. The third-order valence-electron chi connectivity index (χ3n) is 11.8. The average Bonchev–Trinajstić information content (AvgIpc) is 4.03. The predicted octanol–water partition coefficient (Wildman–Crippen LogP) is 13.5. The van der Waals surface area contributed by atoms with Crippen LogP contribution in [0.1, 0.15) is 0 Å². The first kappa shape index (κ1) is 32.0. The minimum absolute atomic E-state index is 0.779. The highest BCUT2D eigenvalue weighted by Crippen LogP contribution is 2.44. The normalized spacial score (nSPS) is 12.1. The summed E-state index contributed by atoms with van der Waals surface area (Å²) in [5.74, 6) is 1.59. The maximum Gasteiger partial charge on any atom is 0.153 e. The fourth-order valence-electron chi connectivity index (χ4n) is 9.36. The van der Waals surface area contributed by atoms with Crippen LogP contribution in [0, 0.1) is 0 Å². The van der Waals surface area contributed by atoms with Crippen LogP contribution in [-0.2, 0) is 0 Å². The van der Waals surface area contributed by atoms with E-state index >= 15 is 0 Å². The SMILES string of the molecule is c1ccc(-n2c3ccc(-n4c5ccccc5c5c(Oc6cccc7c6c6ccccc6n7-c6ccc7oc8cccnc8c7c6)cccc54)cc3c3ncccc32)cc1. The molecular formula is C52H31N5O2. The minimum Gasteiger partial charge on any atom is -0.456 e. The molecule has 6 aromatic heterocycles. The predicted molar refractivity (Wildman–Crippen MR) is 239 cm³/mol. The van der Waals surface area contributed by atoms with Crippen LogP contribution >= 0.6 is 0 Å². The molecule has 0 amide bonds. The van der Waals surface area contributed by atoms with Crippen molar-refractivity contribution in [3.8, 4) is 28.6 Å². The number of pyridine rings is 2. The van der Waals surface area contributed by atoms with Crippen LogP contribution in [0.15, 0.2) is 193 Å². The molecule has 13 rings (SSSR count). The number of aromatic nitrogens is 5. The quantitative estimate of drug-likeness (QED) is 0.175. The molecule has 0 saturated carbocycles. The second-order valence-corrected chi connectivity index (χ2v) is 15.0. The van der Waals surface area contributed by atoms with Gasteiger partial charge in [-0.05, 0) is 109 Å². The second-order valence-electron chi connectivity index (χ2n) is 15.0. The Hall–Kier alpha value is -8.16. The first-order valence-electron chi connectivity index (χ1n) is 19.7. The van der Waals surface area contributed by atoms with Gasteiger partial charge in [-0.2, -0.15) is 0 Å². The molecule has 7 aromatic carbocycles. The van der Waals surface area contributed by atoms with Crippen molar-refractivity contribution in [1.82, 2.24) is 23.7 Å². The maximum atomic E-state index is 7.15. The van der Waals surface area contributed by atoms with Gasteiger partial charge in [-0.3, -0.25) is 9.97 Å². The van der Waals surface area contributed by atoms with E-state index in [1.165, 1.54) is 0 Å². The van der Waals surface area contributed by atoms with Crippen LogP contribution < -0.4 is 4.74 Å². The molecule has 0 atom stereocenters. The number of fused-ring (bicyclic) bond motifs is 12. The topological polar surface area (TPSA) is 62.9 Å². The van der Waals surface area contributed by atoms with Gasteiger partial charge in [0.1, 0.15) is 22.6 Å². The Morgan fingerprint density at radius 1 is 0.356 bits per heavy atom. The van der Waals surface area contributed by atoms with E-state index in [2.05, 4.69) is 170 Å². The van der Waals surface area contributed by atoms with Crippen molar-refractivity contribution in [2.24, 2.45) is 0 Å². The van der Waals surface area contributed by atoms with Gasteiger partial charge in [0, 0.05) is 51.0 Å². The first-order chi connectivity index (χ1) is 29.3. The molecule has 0 radical (unpaired) electrons. The van der Waals surface area contributed by atoms with E-state index in [4.69, 9.17) is 14.1 Å². The van der Waals surface area contributed by atoms with Gasteiger partial charge in [0.05, 0.1) is 49.4 Å². The molecule has 0 spiro atoms. The largest absolute Gasteiger partial charge is 0.456 e. The number of hydrogen-bond donors (Lipinski definition) is 0. The summed E-state index contributed by atoms with van der Waals surface area (Å²) >= 11 is 0. The number of rotatable bonds is 5. The van der Waals surface area contributed by atoms with E-state index in [1.807, 2.05) is 36.7 Å². The van der Waals surface area contributed by atoms with Crippen molar-refractivity contribution >= 4 is 87.6 Å². The highest BCUT2D eigenvalue weighted by atomic mass is 16.5. The van der Waals surface area contributed by atoms with Gasteiger partial charge in [-0.1, -0.05) is 66.7 Å². The molecule has 0 bridgehead atoms. The molecule has 0 unspecified atom stereocenters. The number of ether oxygens (including phenoxy) is 1. The fraction of sp³-hybridized carbons (Fsp3) is 0. The van der Waals surface area contributed by atoms with E-state index in [9.17, 15) is 0 Å². The van der Waals surface area contributed by atoms with Crippen LogP contribution in [0.5, 0.6) is 11.5 Å². The Labute approximate surface area is 336 Å². The Balaban J connectivity index is 0.996. The van der Waals surface area contributed by atoms with Crippen LogP contribution in [0.3, 0.4) is 0 Å². The van der Waals surface area contributed by atoms with Gasteiger partial charge in [-0.15, -0.1) is 0 Å². The van der Waals surface area contributed by atoms with Gasteiger partial charge in [0.25, 0.3) is 0 Å². The fourth-order valence-corrected chi connectivity index (χ4v) is 9.36. The van der Waals surface area contributed by atoms with Crippen molar-refractivity contribution in [2.45, 2.75) is 0 Å². The van der Waals surface area contributed by atoms with E-state index in [-0.39, 0.29) is 0 Å². The molecule has 7 heteroatoms. The molecular weight excluding hydrogens is 727 g/mol. The zero-order valence-corrected chi connectivity index (χ0v) is 31.5. The van der Waals surface area contributed by atoms with Gasteiger partial charge in [-0.25, -0.2) is 0 Å². The van der Waals surface area contributed by atoms with Crippen molar-refractivity contribution in [3.05, 3.63) is 188 Å². The molecule has 13 aromatic rings. The zero-order valence-electron chi connectivity index (χ0n) is 31.5. The van der Waals surface area contributed by atoms with Crippen molar-refractivity contribution < 1.29 is 9.15 Å². The zero-order chi connectivity index (χ0) is 38.6. The lowest BCUT2D eigenvalue weighted by atomic mass is 10.1. The van der Waals surface area contributed by atoms with Crippen LogP contribution in [-0.4, -0.2) is 23.7 Å². The lowest BCUT2D eigenvalue weighted by Gasteiger charge is -2.12. The van der Waals surface area contributed by atoms with E-state index < -0.39 is 0 Å².